The number of furan rings is 1. The summed E-state index contributed by atoms with van der Waals surface area (Å²) in [6.07, 6.45) is 1.52. The molecule has 2 aromatic rings. The second-order valence-electron chi connectivity index (χ2n) is 4.63. The third-order valence-electron chi connectivity index (χ3n) is 2.96. The molecule has 6 nitrogen and oxygen atoms in total. The number of benzene rings is 1. The molecule has 9 heteroatoms. The van der Waals surface area contributed by atoms with Gasteiger partial charge in [0, 0.05) is 7.05 Å². The zero-order chi connectivity index (χ0) is 17.5. The molecule has 0 saturated carbocycles. The molecule has 0 unspecified atom stereocenters. The van der Waals surface area contributed by atoms with E-state index >= 15 is 0 Å². The highest BCUT2D eigenvalue weighted by Gasteiger charge is 2.15. The van der Waals surface area contributed by atoms with Crippen molar-refractivity contribution in [2.75, 3.05) is 18.9 Å². The molecule has 3 N–H and O–H groups in total. The van der Waals surface area contributed by atoms with Crippen LogP contribution >= 0.6 is 0 Å². The van der Waals surface area contributed by atoms with E-state index in [0.29, 0.717) is 18.3 Å². The number of carbonyl (C=O) groups is 1. The maximum Gasteiger partial charge on any atom is 0.243 e. The Morgan fingerprint density at radius 2 is 1.96 bits per heavy atom. The Labute approximate surface area is 135 Å². The Kier molecular flexibility index (Phi) is 5.83. The molecular formula is C15H15F3N4O2. The summed E-state index contributed by atoms with van der Waals surface area (Å²) in [6, 6.07) is 5.16. The van der Waals surface area contributed by atoms with Crippen molar-refractivity contribution in [2.24, 2.45) is 4.99 Å². The van der Waals surface area contributed by atoms with Gasteiger partial charge in [-0.3, -0.25) is 9.79 Å². The average Bonchev–Trinajstić information content (AvgIpc) is 3.09. The number of hydrogen-bond acceptors (Lipinski definition) is 3. The summed E-state index contributed by atoms with van der Waals surface area (Å²) < 4.78 is 44.5. The molecule has 0 fully saturated rings. The van der Waals surface area contributed by atoms with Crippen molar-refractivity contribution in [3.63, 3.8) is 0 Å². The lowest BCUT2D eigenvalue weighted by atomic mass is 10.2. The standard InChI is InChI=1S/C15H15F3N4O2/c1-19-15(20-7-9-3-2-6-24-9)21-8-12(23)22-11-5-4-10(16)13(17)14(11)18/h2-6H,7-8H2,1H3,(H,22,23)(H2,19,20,21). The highest BCUT2D eigenvalue weighted by Crippen LogP contribution is 2.19. The molecule has 1 amide bonds. The van der Waals surface area contributed by atoms with Gasteiger partial charge in [-0.25, -0.2) is 13.2 Å². The smallest absolute Gasteiger partial charge is 0.243 e. The maximum absolute atomic E-state index is 13.5. The van der Waals surface area contributed by atoms with Gasteiger partial charge in [-0.1, -0.05) is 0 Å². The van der Waals surface area contributed by atoms with E-state index < -0.39 is 29.0 Å². The zero-order valence-corrected chi connectivity index (χ0v) is 12.7. The van der Waals surface area contributed by atoms with Gasteiger partial charge in [-0.15, -0.1) is 0 Å². The molecule has 0 radical (unpaired) electrons. The van der Waals surface area contributed by atoms with Gasteiger partial charge in [0.2, 0.25) is 5.91 Å². The predicted octanol–water partition coefficient (Wildman–Crippen LogP) is 2.00. The first-order chi connectivity index (χ1) is 11.5. The van der Waals surface area contributed by atoms with Gasteiger partial charge in [-0.05, 0) is 24.3 Å². The first kappa shape index (κ1) is 17.4. The Bertz CT molecular complexity index is 733. The van der Waals surface area contributed by atoms with Crippen LogP contribution in [0.5, 0.6) is 0 Å². The largest absolute Gasteiger partial charge is 0.467 e. The van der Waals surface area contributed by atoms with Crippen LogP contribution in [-0.4, -0.2) is 25.5 Å². The first-order valence-corrected chi connectivity index (χ1v) is 6.91. The van der Waals surface area contributed by atoms with Crippen LogP contribution in [0.2, 0.25) is 0 Å². The van der Waals surface area contributed by atoms with Crippen LogP contribution in [0.3, 0.4) is 0 Å². The van der Waals surface area contributed by atoms with Crippen molar-refractivity contribution < 1.29 is 22.4 Å². The third-order valence-corrected chi connectivity index (χ3v) is 2.96. The SMILES string of the molecule is CN=C(NCC(=O)Nc1ccc(F)c(F)c1F)NCc1ccco1. The van der Waals surface area contributed by atoms with Crippen LogP contribution in [0.1, 0.15) is 5.76 Å². The summed E-state index contributed by atoms with van der Waals surface area (Å²) in [7, 11) is 1.50. The lowest BCUT2D eigenvalue weighted by Gasteiger charge is -2.11. The molecule has 0 aliphatic carbocycles. The highest BCUT2D eigenvalue weighted by molar-refractivity contribution is 5.95. The summed E-state index contributed by atoms with van der Waals surface area (Å²) in [5, 5.41) is 7.74. The van der Waals surface area contributed by atoms with Gasteiger partial charge in [0.1, 0.15) is 5.76 Å². The molecule has 0 spiro atoms. The van der Waals surface area contributed by atoms with Crippen molar-refractivity contribution in [3.05, 3.63) is 53.7 Å². The van der Waals surface area contributed by atoms with Crippen LogP contribution in [0, 0.1) is 17.5 Å². The maximum atomic E-state index is 13.5. The Balaban J connectivity index is 1.84. The minimum atomic E-state index is -1.64. The summed E-state index contributed by atoms with van der Waals surface area (Å²) in [4.78, 5) is 15.7. The minimum absolute atomic E-state index is 0.254. The molecule has 1 heterocycles. The van der Waals surface area contributed by atoms with E-state index in [1.807, 2.05) is 0 Å². The highest BCUT2D eigenvalue weighted by atomic mass is 19.2. The van der Waals surface area contributed by atoms with E-state index in [1.54, 1.807) is 12.1 Å². The number of carbonyl (C=O) groups excluding carboxylic acids is 1. The van der Waals surface area contributed by atoms with Gasteiger partial charge in [0.05, 0.1) is 25.0 Å². The fourth-order valence-corrected chi connectivity index (χ4v) is 1.79. The minimum Gasteiger partial charge on any atom is -0.467 e. The van der Waals surface area contributed by atoms with Crippen molar-refractivity contribution in [1.29, 1.82) is 0 Å². The van der Waals surface area contributed by atoms with E-state index in [4.69, 9.17) is 4.42 Å². The number of nitrogens with zero attached hydrogens (tertiary/aromatic N) is 1. The molecule has 0 bridgehead atoms. The number of rotatable bonds is 5. The number of guanidine groups is 1. The second-order valence-corrected chi connectivity index (χ2v) is 4.63. The quantitative estimate of drug-likeness (QED) is 0.442. The van der Waals surface area contributed by atoms with E-state index in [0.717, 1.165) is 12.1 Å². The number of anilines is 1. The van der Waals surface area contributed by atoms with E-state index in [-0.39, 0.29) is 6.54 Å². The van der Waals surface area contributed by atoms with E-state index in [9.17, 15) is 18.0 Å². The molecule has 0 aliphatic heterocycles. The number of nitrogens with one attached hydrogen (secondary N) is 3. The zero-order valence-electron chi connectivity index (χ0n) is 12.7. The molecule has 0 aliphatic rings. The van der Waals surface area contributed by atoms with E-state index in [2.05, 4.69) is 20.9 Å². The van der Waals surface area contributed by atoms with Crippen molar-refractivity contribution >= 4 is 17.6 Å². The van der Waals surface area contributed by atoms with Gasteiger partial charge in [0.25, 0.3) is 0 Å². The normalized spacial score (nSPS) is 11.2. The molecule has 1 aromatic heterocycles. The van der Waals surface area contributed by atoms with Crippen molar-refractivity contribution in [1.82, 2.24) is 10.6 Å². The summed E-state index contributed by atoms with van der Waals surface area (Å²) in [5.74, 6) is -4.09. The van der Waals surface area contributed by atoms with Crippen molar-refractivity contribution in [2.45, 2.75) is 6.54 Å². The Morgan fingerprint density at radius 3 is 2.62 bits per heavy atom. The average molecular weight is 340 g/mol. The Hall–Kier alpha value is -2.97. The summed E-state index contributed by atoms with van der Waals surface area (Å²) >= 11 is 0. The fourth-order valence-electron chi connectivity index (χ4n) is 1.79. The predicted molar refractivity (Wildman–Crippen MR) is 81.9 cm³/mol. The van der Waals surface area contributed by atoms with Gasteiger partial charge in [-0.2, -0.15) is 0 Å². The van der Waals surface area contributed by atoms with Crippen LogP contribution in [0.4, 0.5) is 18.9 Å². The van der Waals surface area contributed by atoms with Crippen LogP contribution in [0.25, 0.3) is 0 Å². The first-order valence-electron chi connectivity index (χ1n) is 6.91. The monoisotopic (exact) mass is 340 g/mol. The lowest BCUT2D eigenvalue weighted by molar-refractivity contribution is -0.115. The molecule has 24 heavy (non-hydrogen) atoms. The number of aliphatic imine (C=N–C) groups is 1. The Morgan fingerprint density at radius 1 is 1.17 bits per heavy atom. The molecule has 0 atom stereocenters. The number of amides is 1. The topological polar surface area (TPSA) is 78.7 Å². The van der Waals surface area contributed by atoms with Crippen LogP contribution in [0.15, 0.2) is 39.9 Å². The number of hydrogen-bond donors (Lipinski definition) is 3. The van der Waals surface area contributed by atoms with Crippen LogP contribution < -0.4 is 16.0 Å². The van der Waals surface area contributed by atoms with Crippen molar-refractivity contribution in [3.8, 4) is 0 Å². The molecule has 128 valence electrons. The third kappa shape index (κ3) is 4.51. The number of halogens is 3. The lowest BCUT2D eigenvalue weighted by Crippen LogP contribution is -2.41. The van der Waals surface area contributed by atoms with E-state index in [1.165, 1.54) is 13.3 Å². The second kappa shape index (κ2) is 8.04. The molecule has 2 rings (SSSR count). The molecule has 1 aromatic carbocycles. The van der Waals surface area contributed by atoms with Gasteiger partial charge < -0.3 is 20.4 Å². The van der Waals surface area contributed by atoms with Gasteiger partial charge >= 0.3 is 0 Å². The fraction of sp³-hybridized carbons (Fsp3) is 0.200. The van der Waals surface area contributed by atoms with Gasteiger partial charge in [0.15, 0.2) is 23.4 Å². The summed E-state index contributed by atoms with van der Waals surface area (Å²) in [5.41, 5.74) is -0.445. The molecule has 0 saturated heterocycles. The summed E-state index contributed by atoms with van der Waals surface area (Å²) in [6.45, 7) is 0.0996. The molecular weight excluding hydrogens is 325 g/mol. The van der Waals surface area contributed by atoms with Crippen LogP contribution in [-0.2, 0) is 11.3 Å².